The van der Waals surface area contributed by atoms with Crippen LogP contribution in [0, 0.1) is 5.92 Å². The van der Waals surface area contributed by atoms with Crippen LogP contribution in [0.3, 0.4) is 0 Å². The summed E-state index contributed by atoms with van der Waals surface area (Å²) in [6.45, 7) is 0. The molecular formula is C12H18N2O2S2. The van der Waals surface area contributed by atoms with E-state index >= 15 is 0 Å². The van der Waals surface area contributed by atoms with E-state index < -0.39 is 0 Å². The molecule has 18 heavy (non-hydrogen) atoms. The van der Waals surface area contributed by atoms with Gasteiger partial charge in [0.15, 0.2) is 5.11 Å². The molecule has 1 saturated heterocycles. The van der Waals surface area contributed by atoms with Crippen LogP contribution in [0.1, 0.15) is 38.5 Å². The first-order valence-corrected chi connectivity index (χ1v) is 7.84. The number of nitrogens with one attached hydrogen (secondary N) is 2. The van der Waals surface area contributed by atoms with Crippen LogP contribution in [0.15, 0.2) is 0 Å². The maximum atomic E-state index is 11.9. The molecule has 2 aliphatic rings. The summed E-state index contributed by atoms with van der Waals surface area (Å²) in [5.41, 5.74) is 0. The molecule has 2 rings (SSSR count). The minimum atomic E-state index is -0.228. The summed E-state index contributed by atoms with van der Waals surface area (Å²) in [5, 5.41) is 6.06. The SMILES string of the molecule is O=C(NC(=S)N[C@H]1CCSC1=O)C1CCCCC1. The molecule has 2 fully saturated rings. The molecule has 100 valence electrons. The van der Waals surface area contributed by atoms with Gasteiger partial charge in [0.25, 0.3) is 0 Å². The number of hydrogen-bond donors (Lipinski definition) is 2. The molecule has 0 aromatic heterocycles. The predicted molar refractivity (Wildman–Crippen MR) is 76.3 cm³/mol. The van der Waals surface area contributed by atoms with E-state index in [0.29, 0.717) is 5.11 Å². The Bertz CT molecular complexity index is 354. The van der Waals surface area contributed by atoms with Gasteiger partial charge >= 0.3 is 0 Å². The second kappa shape index (κ2) is 6.52. The van der Waals surface area contributed by atoms with Crippen molar-refractivity contribution in [1.82, 2.24) is 10.6 Å². The number of thioether (sulfide) groups is 1. The first-order valence-electron chi connectivity index (χ1n) is 6.45. The molecular weight excluding hydrogens is 268 g/mol. The Morgan fingerprint density at radius 3 is 2.56 bits per heavy atom. The number of rotatable bonds is 2. The second-order valence-corrected chi connectivity index (χ2v) is 6.31. The van der Waals surface area contributed by atoms with E-state index in [1.165, 1.54) is 18.2 Å². The zero-order chi connectivity index (χ0) is 13.0. The van der Waals surface area contributed by atoms with Gasteiger partial charge in [-0.3, -0.25) is 9.59 Å². The van der Waals surface area contributed by atoms with Crippen LogP contribution in [-0.2, 0) is 9.59 Å². The minimum absolute atomic E-state index is 0.00491. The topological polar surface area (TPSA) is 58.2 Å². The molecule has 2 N–H and O–H groups in total. The molecule has 0 aromatic rings. The largest absolute Gasteiger partial charge is 0.352 e. The monoisotopic (exact) mass is 286 g/mol. The van der Waals surface area contributed by atoms with E-state index in [2.05, 4.69) is 10.6 Å². The Morgan fingerprint density at radius 1 is 1.22 bits per heavy atom. The van der Waals surface area contributed by atoms with Gasteiger partial charge in [-0.25, -0.2) is 0 Å². The number of carbonyl (C=O) groups excluding carboxylic acids is 2. The predicted octanol–water partition coefficient (Wildman–Crippen LogP) is 1.59. The number of carbonyl (C=O) groups is 2. The van der Waals surface area contributed by atoms with Crippen molar-refractivity contribution in [2.75, 3.05) is 5.75 Å². The molecule has 1 amide bonds. The van der Waals surface area contributed by atoms with Crippen LogP contribution < -0.4 is 10.6 Å². The molecule has 1 aliphatic heterocycles. The highest BCUT2D eigenvalue weighted by Crippen LogP contribution is 2.23. The highest BCUT2D eigenvalue weighted by molar-refractivity contribution is 8.14. The standard InChI is InChI=1S/C12H18N2O2S2/c15-10(8-4-2-1-3-5-8)14-12(17)13-9-6-7-18-11(9)16/h8-9H,1-7H2,(H2,13,14,15,17)/t9-/m0/s1. The Kier molecular flexibility index (Phi) is 5.00. The second-order valence-electron chi connectivity index (χ2n) is 4.81. The Labute approximate surface area is 117 Å². The summed E-state index contributed by atoms with van der Waals surface area (Å²) in [5.74, 6) is 0.924. The molecule has 1 atom stereocenters. The van der Waals surface area contributed by atoms with Crippen molar-refractivity contribution in [2.45, 2.75) is 44.6 Å². The average Bonchev–Trinajstić information content (AvgIpc) is 2.76. The first kappa shape index (κ1) is 13.8. The quantitative estimate of drug-likeness (QED) is 0.755. The fourth-order valence-electron chi connectivity index (χ4n) is 2.40. The lowest BCUT2D eigenvalue weighted by molar-refractivity contribution is -0.124. The van der Waals surface area contributed by atoms with Gasteiger partial charge in [-0.1, -0.05) is 31.0 Å². The van der Waals surface area contributed by atoms with E-state index in [1.807, 2.05) is 0 Å². The third-order valence-electron chi connectivity index (χ3n) is 3.45. The molecule has 0 radical (unpaired) electrons. The van der Waals surface area contributed by atoms with E-state index in [9.17, 15) is 9.59 Å². The van der Waals surface area contributed by atoms with Crippen LogP contribution in [0.4, 0.5) is 0 Å². The molecule has 0 unspecified atom stereocenters. The number of amides is 1. The highest BCUT2D eigenvalue weighted by Gasteiger charge is 2.27. The average molecular weight is 286 g/mol. The lowest BCUT2D eigenvalue weighted by atomic mass is 9.89. The van der Waals surface area contributed by atoms with E-state index in [0.717, 1.165) is 37.9 Å². The van der Waals surface area contributed by atoms with Crippen LogP contribution in [-0.4, -0.2) is 27.9 Å². The number of thiocarbonyl (C=S) groups is 1. The molecule has 1 heterocycles. The lowest BCUT2D eigenvalue weighted by Crippen LogP contribution is -2.47. The molecule has 0 bridgehead atoms. The Morgan fingerprint density at radius 2 is 1.94 bits per heavy atom. The van der Waals surface area contributed by atoms with E-state index in [-0.39, 0.29) is 23.0 Å². The Balaban J connectivity index is 1.76. The van der Waals surface area contributed by atoms with Crippen molar-refractivity contribution in [2.24, 2.45) is 5.92 Å². The van der Waals surface area contributed by atoms with Crippen molar-refractivity contribution >= 4 is 40.1 Å². The lowest BCUT2D eigenvalue weighted by Gasteiger charge is -2.21. The minimum Gasteiger partial charge on any atom is -0.352 e. The van der Waals surface area contributed by atoms with E-state index in [4.69, 9.17) is 12.2 Å². The van der Waals surface area contributed by atoms with E-state index in [1.54, 1.807) is 0 Å². The summed E-state index contributed by atoms with van der Waals surface area (Å²) < 4.78 is 0. The summed E-state index contributed by atoms with van der Waals surface area (Å²) in [6.07, 6.45) is 6.15. The van der Waals surface area contributed by atoms with Gasteiger partial charge in [-0.2, -0.15) is 0 Å². The summed E-state index contributed by atoms with van der Waals surface area (Å²) in [6, 6.07) is -0.228. The van der Waals surface area contributed by atoms with Crippen LogP contribution in [0.5, 0.6) is 0 Å². The molecule has 1 aliphatic carbocycles. The zero-order valence-corrected chi connectivity index (χ0v) is 11.9. The Hall–Kier alpha value is -0.620. The van der Waals surface area contributed by atoms with Crippen LogP contribution in [0.2, 0.25) is 0 Å². The molecule has 0 aromatic carbocycles. The van der Waals surface area contributed by atoms with Gasteiger partial charge in [-0.05, 0) is 31.5 Å². The van der Waals surface area contributed by atoms with Gasteiger partial charge in [0.1, 0.15) is 0 Å². The van der Waals surface area contributed by atoms with Crippen molar-refractivity contribution in [3.05, 3.63) is 0 Å². The maximum absolute atomic E-state index is 11.9. The van der Waals surface area contributed by atoms with Crippen molar-refractivity contribution < 1.29 is 9.59 Å². The van der Waals surface area contributed by atoms with Gasteiger partial charge in [-0.15, -0.1) is 0 Å². The smallest absolute Gasteiger partial charge is 0.229 e. The summed E-state index contributed by atoms with van der Waals surface area (Å²) >= 11 is 6.41. The summed E-state index contributed by atoms with van der Waals surface area (Å²) in [4.78, 5) is 23.4. The molecule has 4 nitrogen and oxygen atoms in total. The van der Waals surface area contributed by atoms with Crippen molar-refractivity contribution in [1.29, 1.82) is 0 Å². The molecule has 6 heteroatoms. The maximum Gasteiger partial charge on any atom is 0.229 e. The molecule has 1 saturated carbocycles. The third kappa shape index (κ3) is 3.68. The van der Waals surface area contributed by atoms with Crippen LogP contribution >= 0.6 is 24.0 Å². The fraction of sp³-hybridized carbons (Fsp3) is 0.750. The molecule has 0 spiro atoms. The third-order valence-corrected chi connectivity index (χ3v) is 4.68. The summed E-state index contributed by atoms with van der Waals surface area (Å²) in [7, 11) is 0. The fourth-order valence-corrected chi connectivity index (χ4v) is 3.58. The van der Waals surface area contributed by atoms with Crippen molar-refractivity contribution in [3.63, 3.8) is 0 Å². The normalized spacial score (nSPS) is 24.9. The number of hydrogen-bond acceptors (Lipinski definition) is 4. The van der Waals surface area contributed by atoms with Gasteiger partial charge in [0, 0.05) is 11.7 Å². The van der Waals surface area contributed by atoms with Gasteiger partial charge in [0.2, 0.25) is 11.0 Å². The highest BCUT2D eigenvalue weighted by atomic mass is 32.2. The van der Waals surface area contributed by atoms with Gasteiger partial charge in [0.05, 0.1) is 6.04 Å². The van der Waals surface area contributed by atoms with Crippen molar-refractivity contribution in [3.8, 4) is 0 Å². The first-order chi connectivity index (χ1) is 8.66. The van der Waals surface area contributed by atoms with Crippen LogP contribution in [0.25, 0.3) is 0 Å². The van der Waals surface area contributed by atoms with Gasteiger partial charge < -0.3 is 10.6 Å². The zero-order valence-electron chi connectivity index (χ0n) is 10.2.